The van der Waals surface area contributed by atoms with Gasteiger partial charge < -0.3 is 25.3 Å². The largest absolute Gasteiger partial charge is 4.00 e. The van der Waals surface area contributed by atoms with E-state index in [0.29, 0.717) is 13.1 Å². The Morgan fingerprint density at radius 2 is 0.765 bits per heavy atom. The summed E-state index contributed by atoms with van der Waals surface area (Å²) in [6.07, 6.45) is 6.53. The van der Waals surface area contributed by atoms with E-state index in [4.69, 9.17) is 11.5 Å². The normalized spacial score (nSPS) is 7.06. The molecule has 0 bridgehead atoms. The number of rotatable bonds is 4. The molecule has 2 nitrogen and oxygen atoms in total. The molecule has 0 rings (SSSR count). The Labute approximate surface area is 130 Å². The van der Waals surface area contributed by atoms with Gasteiger partial charge in [-0.3, -0.25) is 0 Å². The van der Waals surface area contributed by atoms with Gasteiger partial charge in [0.15, 0.2) is 0 Å². The van der Waals surface area contributed by atoms with Gasteiger partial charge in [0, 0.05) is 0 Å². The van der Waals surface area contributed by atoms with Crippen LogP contribution in [0.25, 0.3) is 11.5 Å². The van der Waals surface area contributed by atoms with Crippen molar-refractivity contribution in [1.29, 1.82) is 0 Å². The molecule has 0 aromatic rings. The van der Waals surface area contributed by atoms with Crippen molar-refractivity contribution in [2.24, 2.45) is 0 Å². The fourth-order valence-electron chi connectivity index (χ4n) is 0. The molecule has 0 amide bonds. The molecule has 0 saturated heterocycles. The number of hydrogen-bond acceptors (Lipinski definition) is 0. The van der Waals surface area contributed by atoms with E-state index < -0.39 is 0 Å². The van der Waals surface area contributed by atoms with Crippen molar-refractivity contribution in [1.82, 2.24) is 0 Å². The summed E-state index contributed by atoms with van der Waals surface area (Å²) in [5, 5.41) is 0. The molecule has 0 aromatic heterocycles. The summed E-state index contributed by atoms with van der Waals surface area (Å²) in [5.74, 6) is 0. The molecule has 2 N–H and O–H groups in total. The Hall–Kier alpha value is 0.790. The smallest absolute Gasteiger partial charge is 0.677 e. The monoisotopic (exact) mass is 410 g/mol. The summed E-state index contributed by atoms with van der Waals surface area (Å²) in [7, 11) is 0. The topological polar surface area (TPSA) is 47.6 Å². The minimum Gasteiger partial charge on any atom is -0.677 e. The van der Waals surface area contributed by atoms with Crippen molar-refractivity contribution in [2.45, 2.75) is 66.2 Å². The van der Waals surface area contributed by atoms with Crippen LogP contribution in [-0.2, 0) is 25.8 Å². The van der Waals surface area contributed by atoms with Crippen LogP contribution in [-0.4, -0.2) is 13.1 Å². The third kappa shape index (κ3) is 160. The molecule has 0 aliphatic rings. The second kappa shape index (κ2) is 54.2. The standard InChI is InChI=1S/2C4H9.2C3H8N.Hf/c2*1-3-4-2;2*1-2-3-4;/h2*1,3-4H2,2H3;2*4H,2-3H2,1H3;/q4*-1;+4. The minimum absolute atomic E-state index is 0. The molecular formula is C14H34HfN2. The van der Waals surface area contributed by atoms with Crippen LogP contribution >= 0.6 is 0 Å². The summed E-state index contributed by atoms with van der Waals surface area (Å²) in [4.78, 5) is 0. The van der Waals surface area contributed by atoms with Crippen molar-refractivity contribution in [3.05, 3.63) is 25.3 Å². The first-order valence-corrected chi connectivity index (χ1v) is 6.54. The predicted octanol–water partition coefficient (Wildman–Crippen LogP) is 6.14. The Morgan fingerprint density at radius 1 is 0.647 bits per heavy atom. The third-order valence-electron chi connectivity index (χ3n) is 1.21. The van der Waals surface area contributed by atoms with Crippen molar-refractivity contribution < 1.29 is 25.8 Å². The van der Waals surface area contributed by atoms with Crippen LogP contribution in [0, 0.1) is 13.8 Å². The van der Waals surface area contributed by atoms with Crippen LogP contribution in [0.4, 0.5) is 0 Å². The van der Waals surface area contributed by atoms with E-state index in [1.807, 2.05) is 13.8 Å². The summed E-state index contributed by atoms with van der Waals surface area (Å²) < 4.78 is 0. The maximum Gasteiger partial charge on any atom is 4.00 e. The third-order valence-corrected chi connectivity index (χ3v) is 1.21. The first-order chi connectivity index (χ1) is 7.66. The zero-order chi connectivity index (χ0) is 13.7. The Kier molecular flexibility index (Phi) is 97.7. The van der Waals surface area contributed by atoms with E-state index in [1.54, 1.807) is 0 Å². The molecule has 0 fully saturated rings. The fourth-order valence-corrected chi connectivity index (χ4v) is 0. The molecule has 3 heteroatoms. The second-order valence-electron chi connectivity index (χ2n) is 3.21. The molecule has 0 aromatic carbocycles. The van der Waals surface area contributed by atoms with Gasteiger partial charge in [-0.1, -0.05) is 53.4 Å². The molecule has 0 aliphatic carbocycles. The van der Waals surface area contributed by atoms with E-state index in [1.165, 1.54) is 12.8 Å². The number of unbranched alkanes of at least 4 members (excludes halogenated alkanes) is 2. The first kappa shape index (κ1) is 30.7. The molecule has 0 spiro atoms. The Balaban J connectivity index is -0.0000000369. The van der Waals surface area contributed by atoms with E-state index >= 15 is 0 Å². The van der Waals surface area contributed by atoms with Crippen LogP contribution in [0.2, 0.25) is 0 Å². The van der Waals surface area contributed by atoms with Gasteiger partial charge in [-0.15, -0.1) is 0 Å². The molecule has 104 valence electrons. The van der Waals surface area contributed by atoms with Crippen LogP contribution in [0.5, 0.6) is 0 Å². The average molecular weight is 409 g/mol. The van der Waals surface area contributed by atoms with Crippen molar-refractivity contribution in [3.63, 3.8) is 0 Å². The Morgan fingerprint density at radius 3 is 0.765 bits per heavy atom. The zero-order valence-corrected chi connectivity index (χ0v) is 16.2. The summed E-state index contributed by atoms with van der Waals surface area (Å²) in [5.41, 5.74) is 12.9. The zero-order valence-electron chi connectivity index (χ0n) is 12.6. The van der Waals surface area contributed by atoms with Gasteiger partial charge in [-0.2, -0.15) is 25.9 Å². The van der Waals surface area contributed by atoms with Crippen molar-refractivity contribution >= 4 is 0 Å². The van der Waals surface area contributed by atoms with E-state index in [0.717, 1.165) is 25.7 Å². The molecule has 0 saturated carbocycles. The maximum absolute atomic E-state index is 6.45. The molecule has 0 aliphatic heterocycles. The summed E-state index contributed by atoms with van der Waals surface area (Å²) in [6.45, 7) is 16.6. The molecule has 17 heavy (non-hydrogen) atoms. The molecular weight excluding hydrogens is 375 g/mol. The SMILES string of the molecule is CCC[NH-].CCC[NH-].[CH2-]CCC.[CH2-]CCC.[Hf+4]. The van der Waals surface area contributed by atoms with Gasteiger partial charge >= 0.3 is 25.8 Å². The molecule has 0 radical (unpaired) electrons. The second-order valence-corrected chi connectivity index (χ2v) is 3.21. The number of hydrogen-bond donors (Lipinski definition) is 0. The van der Waals surface area contributed by atoms with Gasteiger partial charge in [-0.05, 0) is 0 Å². The van der Waals surface area contributed by atoms with Gasteiger partial charge in [0.25, 0.3) is 0 Å². The van der Waals surface area contributed by atoms with Crippen molar-refractivity contribution in [3.8, 4) is 0 Å². The Bertz CT molecular complexity index is 38.2. The quantitative estimate of drug-likeness (QED) is 0.396. The average Bonchev–Trinajstić information content (AvgIpc) is 2.39. The van der Waals surface area contributed by atoms with Gasteiger partial charge in [-0.25, -0.2) is 0 Å². The fraction of sp³-hybridized carbons (Fsp3) is 0.857. The summed E-state index contributed by atoms with van der Waals surface area (Å²) in [6, 6.07) is 0. The van der Waals surface area contributed by atoms with Crippen LogP contribution in [0.1, 0.15) is 66.2 Å². The van der Waals surface area contributed by atoms with E-state index in [9.17, 15) is 0 Å². The minimum atomic E-state index is 0. The van der Waals surface area contributed by atoms with Gasteiger partial charge in [0.2, 0.25) is 0 Å². The predicted molar refractivity (Wildman–Crippen MR) is 79.5 cm³/mol. The van der Waals surface area contributed by atoms with Crippen LogP contribution in [0.15, 0.2) is 0 Å². The van der Waals surface area contributed by atoms with Crippen LogP contribution in [0.3, 0.4) is 0 Å². The summed E-state index contributed by atoms with van der Waals surface area (Å²) >= 11 is 0. The first-order valence-electron chi connectivity index (χ1n) is 6.54. The maximum atomic E-state index is 6.45. The van der Waals surface area contributed by atoms with Gasteiger partial charge in [0.1, 0.15) is 0 Å². The van der Waals surface area contributed by atoms with E-state index in [-0.39, 0.29) is 25.8 Å². The van der Waals surface area contributed by atoms with Gasteiger partial charge in [0.05, 0.1) is 0 Å². The van der Waals surface area contributed by atoms with E-state index in [2.05, 4.69) is 27.7 Å². The van der Waals surface area contributed by atoms with Crippen molar-refractivity contribution in [2.75, 3.05) is 13.1 Å². The number of nitrogens with one attached hydrogen (secondary N) is 2. The van der Waals surface area contributed by atoms with Crippen LogP contribution < -0.4 is 0 Å². The molecule has 0 unspecified atom stereocenters. The molecule has 0 heterocycles. The molecule has 0 atom stereocenters.